The van der Waals surface area contributed by atoms with E-state index in [1.165, 1.54) is 21.8 Å². The summed E-state index contributed by atoms with van der Waals surface area (Å²) in [6, 6.07) is 17.5. The molecule has 0 unspecified atom stereocenters. The lowest BCUT2D eigenvalue weighted by atomic mass is 10.0. The second-order valence-corrected chi connectivity index (χ2v) is 9.50. The number of carbonyl (C=O) groups excluding carboxylic acids is 2. The Bertz CT molecular complexity index is 1180. The van der Waals surface area contributed by atoms with E-state index in [0.717, 1.165) is 23.8 Å². The molecule has 1 aromatic carbocycles. The molecular formula is C26H26N4O2S. The minimum Gasteiger partial charge on any atom is -0.363 e. The number of pyridine rings is 1. The molecule has 0 aliphatic carbocycles. The van der Waals surface area contributed by atoms with Crippen LogP contribution >= 0.6 is 11.3 Å². The van der Waals surface area contributed by atoms with Crippen LogP contribution in [0.15, 0.2) is 71.9 Å². The standard InChI is InChI=1S/C26H26N4O2S/c1-18(2)19-8-10-20(11-9-19)30-25(31)23(21-6-5-17-33-21)24(26(30)32)29-15-13-28(14-16-29)22-7-3-4-12-27-22/h3-12,17-18H,13-16H2,1-2H3. The molecule has 2 amide bonds. The molecule has 5 rings (SSSR count). The highest BCUT2D eigenvalue weighted by Crippen LogP contribution is 2.37. The fourth-order valence-electron chi connectivity index (χ4n) is 4.40. The summed E-state index contributed by atoms with van der Waals surface area (Å²) >= 11 is 1.49. The van der Waals surface area contributed by atoms with Crippen LogP contribution in [0.1, 0.15) is 30.2 Å². The quantitative estimate of drug-likeness (QED) is 0.532. The third-order valence-corrected chi connectivity index (χ3v) is 7.10. The zero-order valence-electron chi connectivity index (χ0n) is 18.8. The molecule has 168 valence electrons. The molecule has 2 aliphatic heterocycles. The van der Waals surface area contributed by atoms with Gasteiger partial charge in [-0.2, -0.15) is 0 Å². The Labute approximate surface area is 197 Å². The van der Waals surface area contributed by atoms with Crippen LogP contribution in [-0.4, -0.2) is 47.9 Å². The Morgan fingerprint density at radius 2 is 1.58 bits per heavy atom. The fraction of sp³-hybridized carbons (Fsp3) is 0.269. The summed E-state index contributed by atoms with van der Waals surface area (Å²) < 4.78 is 0. The Hall–Kier alpha value is -3.45. The van der Waals surface area contributed by atoms with Gasteiger partial charge >= 0.3 is 0 Å². The van der Waals surface area contributed by atoms with Crippen molar-refractivity contribution in [2.75, 3.05) is 36.0 Å². The van der Waals surface area contributed by atoms with Crippen molar-refractivity contribution in [3.8, 4) is 0 Å². The molecule has 0 radical (unpaired) electrons. The van der Waals surface area contributed by atoms with Gasteiger partial charge in [0.1, 0.15) is 11.5 Å². The number of imide groups is 1. The normalized spacial score (nSPS) is 17.0. The number of aromatic nitrogens is 1. The van der Waals surface area contributed by atoms with Crippen molar-refractivity contribution in [2.45, 2.75) is 19.8 Å². The molecule has 7 heteroatoms. The van der Waals surface area contributed by atoms with Crippen LogP contribution in [0.3, 0.4) is 0 Å². The highest BCUT2D eigenvalue weighted by atomic mass is 32.1. The van der Waals surface area contributed by atoms with Gasteiger partial charge in [0, 0.05) is 37.3 Å². The molecule has 2 aliphatic rings. The van der Waals surface area contributed by atoms with Crippen molar-refractivity contribution in [1.29, 1.82) is 0 Å². The van der Waals surface area contributed by atoms with Gasteiger partial charge in [-0.05, 0) is 47.2 Å². The molecule has 0 N–H and O–H groups in total. The second-order valence-electron chi connectivity index (χ2n) is 8.55. The third kappa shape index (κ3) is 3.93. The van der Waals surface area contributed by atoms with E-state index < -0.39 is 0 Å². The van der Waals surface area contributed by atoms with Crippen LogP contribution in [0.25, 0.3) is 5.57 Å². The Balaban J connectivity index is 1.45. The summed E-state index contributed by atoms with van der Waals surface area (Å²) in [7, 11) is 0. The average molecular weight is 459 g/mol. The number of amides is 2. The highest BCUT2D eigenvalue weighted by molar-refractivity contribution is 7.11. The molecule has 0 spiro atoms. The van der Waals surface area contributed by atoms with E-state index in [1.54, 1.807) is 6.20 Å². The predicted octanol–water partition coefficient (Wildman–Crippen LogP) is 4.37. The second kappa shape index (κ2) is 8.83. The van der Waals surface area contributed by atoms with Crippen LogP contribution in [0.2, 0.25) is 0 Å². The summed E-state index contributed by atoms with van der Waals surface area (Å²) in [5.74, 6) is 0.828. The third-order valence-electron chi connectivity index (χ3n) is 6.21. The van der Waals surface area contributed by atoms with Gasteiger partial charge in [-0.1, -0.05) is 38.1 Å². The monoisotopic (exact) mass is 458 g/mol. The SMILES string of the molecule is CC(C)c1ccc(N2C(=O)C(c3cccs3)=C(N3CCN(c4ccccn4)CC3)C2=O)cc1. The van der Waals surface area contributed by atoms with Gasteiger partial charge < -0.3 is 9.80 Å². The smallest absolute Gasteiger partial charge is 0.282 e. The maximum absolute atomic E-state index is 13.7. The van der Waals surface area contributed by atoms with Crippen molar-refractivity contribution in [2.24, 2.45) is 0 Å². The molecule has 2 aromatic heterocycles. The summed E-state index contributed by atoms with van der Waals surface area (Å²) in [4.78, 5) is 38.1. The Morgan fingerprint density at radius 1 is 0.848 bits per heavy atom. The fourth-order valence-corrected chi connectivity index (χ4v) is 5.16. The van der Waals surface area contributed by atoms with E-state index in [2.05, 4.69) is 28.6 Å². The van der Waals surface area contributed by atoms with Gasteiger partial charge in [0.05, 0.1) is 11.3 Å². The maximum atomic E-state index is 13.7. The Morgan fingerprint density at radius 3 is 2.18 bits per heavy atom. The van der Waals surface area contributed by atoms with Gasteiger partial charge in [-0.15, -0.1) is 11.3 Å². The van der Waals surface area contributed by atoms with E-state index in [4.69, 9.17) is 0 Å². The number of piperazine rings is 1. The number of hydrogen-bond acceptors (Lipinski definition) is 6. The lowest BCUT2D eigenvalue weighted by Gasteiger charge is -2.37. The lowest BCUT2D eigenvalue weighted by Crippen LogP contribution is -2.48. The first-order chi connectivity index (χ1) is 16.0. The topological polar surface area (TPSA) is 56.8 Å². The number of carbonyl (C=O) groups is 2. The number of hydrogen-bond donors (Lipinski definition) is 0. The van der Waals surface area contributed by atoms with Crippen molar-refractivity contribution < 1.29 is 9.59 Å². The zero-order valence-corrected chi connectivity index (χ0v) is 19.6. The summed E-state index contributed by atoms with van der Waals surface area (Å²) in [6.07, 6.45) is 1.79. The van der Waals surface area contributed by atoms with Gasteiger partial charge in [-0.25, -0.2) is 9.88 Å². The average Bonchev–Trinajstić information content (AvgIpc) is 3.46. The number of rotatable bonds is 5. The molecular weight excluding hydrogens is 432 g/mol. The molecule has 6 nitrogen and oxygen atoms in total. The minimum atomic E-state index is -0.248. The first kappa shape index (κ1) is 21.4. The molecule has 1 saturated heterocycles. The van der Waals surface area contributed by atoms with Crippen LogP contribution < -0.4 is 9.80 Å². The maximum Gasteiger partial charge on any atom is 0.282 e. The van der Waals surface area contributed by atoms with Crippen molar-refractivity contribution >= 4 is 40.2 Å². The van der Waals surface area contributed by atoms with Crippen LogP contribution in [0.5, 0.6) is 0 Å². The van der Waals surface area contributed by atoms with Crippen LogP contribution in [-0.2, 0) is 9.59 Å². The van der Waals surface area contributed by atoms with Crippen molar-refractivity contribution in [3.63, 3.8) is 0 Å². The zero-order chi connectivity index (χ0) is 22.9. The number of benzene rings is 1. The van der Waals surface area contributed by atoms with Gasteiger partial charge in [0.25, 0.3) is 11.8 Å². The van der Waals surface area contributed by atoms with E-state index >= 15 is 0 Å². The van der Waals surface area contributed by atoms with Crippen molar-refractivity contribution in [1.82, 2.24) is 9.88 Å². The largest absolute Gasteiger partial charge is 0.363 e. The molecule has 0 bridgehead atoms. The molecule has 0 atom stereocenters. The molecule has 3 aromatic rings. The summed E-state index contributed by atoms with van der Waals surface area (Å²) in [6.45, 7) is 7.03. The summed E-state index contributed by atoms with van der Waals surface area (Å²) in [5, 5.41) is 1.94. The summed E-state index contributed by atoms with van der Waals surface area (Å²) in [5.41, 5.74) is 2.81. The highest BCUT2D eigenvalue weighted by Gasteiger charge is 2.43. The first-order valence-corrected chi connectivity index (χ1v) is 12.1. The van der Waals surface area contributed by atoms with Crippen molar-refractivity contribution in [3.05, 3.63) is 82.3 Å². The van der Waals surface area contributed by atoms with Crippen LogP contribution in [0, 0.1) is 0 Å². The molecule has 4 heterocycles. The van der Waals surface area contributed by atoms with E-state index in [1.807, 2.05) is 60.0 Å². The lowest BCUT2D eigenvalue weighted by molar-refractivity contribution is -0.120. The van der Waals surface area contributed by atoms with Gasteiger partial charge in [0.2, 0.25) is 0 Å². The van der Waals surface area contributed by atoms with Gasteiger partial charge in [-0.3, -0.25) is 9.59 Å². The van der Waals surface area contributed by atoms with Crippen LogP contribution in [0.4, 0.5) is 11.5 Å². The molecule has 0 saturated carbocycles. The number of nitrogens with zero attached hydrogens (tertiary/aromatic N) is 4. The van der Waals surface area contributed by atoms with E-state index in [-0.39, 0.29) is 11.8 Å². The molecule has 1 fully saturated rings. The first-order valence-electron chi connectivity index (χ1n) is 11.2. The molecule has 33 heavy (non-hydrogen) atoms. The predicted molar refractivity (Wildman–Crippen MR) is 132 cm³/mol. The van der Waals surface area contributed by atoms with E-state index in [0.29, 0.717) is 36.0 Å². The number of anilines is 2. The van der Waals surface area contributed by atoms with E-state index in [9.17, 15) is 9.59 Å². The Kier molecular flexibility index (Phi) is 5.72. The van der Waals surface area contributed by atoms with Gasteiger partial charge in [0.15, 0.2) is 0 Å². The number of thiophene rings is 1. The minimum absolute atomic E-state index is 0.244.